The molecule has 160 valence electrons. The Labute approximate surface area is 184 Å². The van der Waals surface area contributed by atoms with Crippen molar-refractivity contribution in [3.05, 3.63) is 64.6 Å². The van der Waals surface area contributed by atoms with E-state index in [1.807, 2.05) is 24.3 Å². The van der Waals surface area contributed by atoms with Crippen LogP contribution in [0.4, 0.5) is 0 Å². The minimum Gasteiger partial charge on any atom is -0.490 e. The largest absolute Gasteiger partial charge is 0.490 e. The van der Waals surface area contributed by atoms with Gasteiger partial charge in [0.05, 0.1) is 18.1 Å². The van der Waals surface area contributed by atoms with Gasteiger partial charge in [-0.25, -0.2) is 13.2 Å². The van der Waals surface area contributed by atoms with Gasteiger partial charge in [0.1, 0.15) is 19.0 Å². The normalized spacial score (nSPS) is 15.2. The van der Waals surface area contributed by atoms with E-state index in [2.05, 4.69) is 15.9 Å². The predicted octanol–water partition coefficient (Wildman–Crippen LogP) is 3.11. The number of halogens is 1. The number of benzene rings is 2. The molecule has 0 amide bonds. The van der Waals surface area contributed by atoms with Crippen LogP contribution in [0.15, 0.2) is 64.0 Å². The number of sulfonamides is 1. The smallest absolute Gasteiger partial charge is 0.330 e. The van der Waals surface area contributed by atoms with Crippen LogP contribution < -0.4 is 4.74 Å². The molecule has 30 heavy (non-hydrogen) atoms. The SMILES string of the molecule is O=C(C=Cc1ccc(S(=O)(=O)N2CCOCC2)cc1)OCCOc1cccc(Br)c1. The number of hydrogen-bond acceptors (Lipinski definition) is 6. The van der Waals surface area contributed by atoms with Gasteiger partial charge < -0.3 is 14.2 Å². The third-order valence-electron chi connectivity index (χ3n) is 4.29. The third kappa shape index (κ3) is 6.40. The first-order chi connectivity index (χ1) is 14.4. The summed E-state index contributed by atoms with van der Waals surface area (Å²) < 4.78 is 43.3. The maximum atomic E-state index is 12.6. The van der Waals surface area contributed by atoms with Gasteiger partial charge in [-0.15, -0.1) is 0 Å². The lowest BCUT2D eigenvalue weighted by atomic mass is 10.2. The molecule has 9 heteroatoms. The van der Waals surface area contributed by atoms with Crippen LogP contribution >= 0.6 is 15.9 Å². The summed E-state index contributed by atoms with van der Waals surface area (Å²) in [7, 11) is -3.53. The maximum Gasteiger partial charge on any atom is 0.330 e. The molecule has 0 aliphatic carbocycles. The molecule has 1 fully saturated rings. The minimum atomic E-state index is -3.53. The zero-order valence-electron chi connectivity index (χ0n) is 16.2. The van der Waals surface area contributed by atoms with Gasteiger partial charge >= 0.3 is 5.97 Å². The highest BCUT2D eigenvalue weighted by atomic mass is 79.9. The summed E-state index contributed by atoms with van der Waals surface area (Å²) in [6.07, 6.45) is 2.87. The van der Waals surface area contributed by atoms with E-state index in [4.69, 9.17) is 14.2 Å². The van der Waals surface area contributed by atoms with Crippen molar-refractivity contribution >= 4 is 38.0 Å². The number of nitrogens with zero attached hydrogens (tertiary/aromatic N) is 1. The Morgan fingerprint density at radius 1 is 1.10 bits per heavy atom. The van der Waals surface area contributed by atoms with Gasteiger partial charge in [0, 0.05) is 23.6 Å². The van der Waals surface area contributed by atoms with Crippen LogP contribution in [0.1, 0.15) is 5.56 Å². The summed E-state index contributed by atoms with van der Waals surface area (Å²) >= 11 is 3.36. The molecule has 2 aromatic carbocycles. The molecule has 0 saturated carbocycles. The van der Waals surface area contributed by atoms with E-state index in [0.717, 1.165) is 4.47 Å². The minimum absolute atomic E-state index is 0.117. The molecule has 2 aromatic rings. The highest BCUT2D eigenvalue weighted by molar-refractivity contribution is 9.10. The van der Waals surface area contributed by atoms with E-state index in [1.54, 1.807) is 18.2 Å². The fraction of sp³-hybridized carbons (Fsp3) is 0.286. The van der Waals surface area contributed by atoms with E-state index in [-0.39, 0.29) is 18.1 Å². The monoisotopic (exact) mass is 495 g/mol. The van der Waals surface area contributed by atoms with Gasteiger partial charge in [-0.3, -0.25) is 0 Å². The quantitative estimate of drug-likeness (QED) is 0.318. The van der Waals surface area contributed by atoms with Gasteiger partial charge in [-0.1, -0.05) is 34.1 Å². The molecule has 0 unspecified atom stereocenters. The Bertz CT molecular complexity index is 985. The lowest BCUT2D eigenvalue weighted by molar-refractivity contribution is -0.138. The molecule has 0 N–H and O–H groups in total. The van der Waals surface area contributed by atoms with Crippen LogP contribution in [-0.4, -0.2) is 58.2 Å². The van der Waals surface area contributed by atoms with Crippen LogP contribution in [0.5, 0.6) is 5.75 Å². The number of ether oxygens (including phenoxy) is 3. The summed E-state index contributed by atoms with van der Waals surface area (Å²) in [5.41, 5.74) is 0.693. The number of hydrogen-bond donors (Lipinski definition) is 0. The molecule has 1 aliphatic heterocycles. The molecule has 3 rings (SSSR count). The van der Waals surface area contributed by atoms with Crippen LogP contribution in [0, 0.1) is 0 Å². The molecule has 0 radical (unpaired) electrons. The van der Waals surface area contributed by atoms with E-state index >= 15 is 0 Å². The molecule has 0 aromatic heterocycles. The van der Waals surface area contributed by atoms with Crippen molar-refractivity contribution < 1.29 is 27.4 Å². The summed E-state index contributed by atoms with van der Waals surface area (Å²) in [6.45, 7) is 1.85. The van der Waals surface area contributed by atoms with E-state index < -0.39 is 16.0 Å². The molecule has 0 spiro atoms. The fourth-order valence-electron chi connectivity index (χ4n) is 2.76. The zero-order valence-corrected chi connectivity index (χ0v) is 18.6. The second kappa shape index (κ2) is 10.7. The first-order valence-corrected chi connectivity index (χ1v) is 11.6. The van der Waals surface area contributed by atoms with Crippen molar-refractivity contribution in [3.8, 4) is 5.75 Å². The zero-order chi connectivity index (χ0) is 21.4. The number of carbonyl (C=O) groups is 1. The summed E-state index contributed by atoms with van der Waals surface area (Å²) in [6, 6.07) is 13.7. The Balaban J connectivity index is 1.46. The molecular formula is C21H22BrNO6S. The number of carbonyl (C=O) groups excluding carboxylic acids is 1. The first-order valence-electron chi connectivity index (χ1n) is 9.36. The second-order valence-electron chi connectivity index (χ2n) is 6.39. The van der Waals surface area contributed by atoms with Crippen LogP contribution in [-0.2, 0) is 24.3 Å². The molecule has 1 saturated heterocycles. The Hall–Kier alpha value is -2.20. The summed E-state index contributed by atoms with van der Waals surface area (Å²) in [5, 5.41) is 0. The van der Waals surface area contributed by atoms with Crippen LogP contribution in [0.2, 0.25) is 0 Å². The third-order valence-corrected chi connectivity index (χ3v) is 6.70. The molecule has 0 atom stereocenters. The van der Waals surface area contributed by atoms with Gasteiger partial charge in [0.2, 0.25) is 10.0 Å². The van der Waals surface area contributed by atoms with E-state index in [0.29, 0.717) is 37.6 Å². The highest BCUT2D eigenvalue weighted by Gasteiger charge is 2.25. The molecule has 1 heterocycles. The topological polar surface area (TPSA) is 82.1 Å². The van der Waals surface area contributed by atoms with E-state index in [1.165, 1.54) is 22.5 Å². The maximum absolute atomic E-state index is 12.6. The van der Waals surface area contributed by atoms with Crippen molar-refractivity contribution in [2.75, 3.05) is 39.5 Å². The van der Waals surface area contributed by atoms with Crippen molar-refractivity contribution in [2.24, 2.45) is 0 Å². The molecule has 7 nitrogen and oxygen atoms in total. The van der Waals surface area contributed by atoms with Gasteiger partial charge in [0.25, 0.3) is 0 Å². The van der Waals surface area contributed by atoms with Crippen molar-refractivity contribution in [3.63, 3.8) is 0 Å². The summed E-state index contributed by atoms with van der Waals surface area (Å²) in [5.74, 6) is 0.181. The van der Waals surface area contributed by atoms with Crippen LogP contribution in [0.25, 0.3) is 6.08 Å². The lowest BCUT2D eigenvalue weighted by Crippen LogP contribution is -2.40. The van der Waals surface area contributed by atoms with E-state index in [9.17, 15) is 13.2 Å². The second-order valence-corrected chi connectivity index (χ2v) is 9.25. The number of esters is 1. The highest BCUT2D eigenvalue weighted by Crippen LogP contribution is 2.19. The molecule has 0 bridgehead atoms. The Morgan fingerprint density at radius 3 is 2.53 bits per heavy atom. The Morgan fingerprint density at radius 2 is 1.83 bits per heavy atom. The average Bonchev–Trinajstić information content (AvgIpc) is 2.76. The summed E-state index contributed by atoms with van der Waals surface area (Å²) in [4.78, 5) is 12.0. The number of rotatable bonds is 8. The van der Waals surface area contributed by atoms with Gasteiger partial charge in [-0.05, 0) is 42.0 Å². The van der Waals surface area contributed by atoms with Gasteiger partial charge in [-0.2, -0.15) is 4.31 Å². The van der Waals surface area contributed by atoms with Gasteiger partial charge in [0.15, 0.2) is 0 Å². The lowest BCUT2D eigenvalue weighted by Gasteiger charge is -2.26. The van der Waals surface area contributed by atoms with Crippen molar-refractivity contribution in [1.29, 1.82) is 0 Å². The number of morpholine rings is 1. The molecular weight excluding hydrogens is 474 g/mol. The average molecular weight is 496 g/mol. The first kappa shape index (κ1) is 22.5. The Kier molecular flexibility index (Phi) is 8.03. The molecule has 1 aliphatic rings. The van der Waals surface area contributed by atoms with Crippen LogP contribution in [0.3, 0.4) is 0 Å². The predicted molar refractivity (Wildman–Crippen MR) is 116 cm³/mol. The fourth-order valence-corrected chi connectivity index (χ4v) is 4.54. The van der Waals surface area contributed by atoms with Crippen molar-refractivity contribution in [2.45, 2.75) is 4.90 Å². The van der Waals surface area contributed by atoms with Crippen molar-refractivity contribution in [1.82, 2.24) is 4.31 Å². The standard InChI is InChI=1S/C21H22BrNO6S/c22-18-2-1-3-19(16-18)28-14-15-29-21(24)9-6-17-4-7-20(8-5-17)30(25,26)23-10-12-27-13-11-23/h1-9,16H,10-15H2.